The molecule has 0 radical (unpaired) electrons. The van der Waals surface area contributed by atoms with E-state index < -0.39 is 0 Å². The Bertz CT molecular complexity index is 378. The second-order valence-electron chi connectivity index (χ2n) is 3.62. The van der Waals surface area contributed by atoms with Gasteiger partial charge in [-0.2, -0.15) is 0 Å². The highest BCUT2D eigenvalue weighted by molar-refractivity contribution is 5.93. The van der Waals surface area contributed by atoms with Gasteiger partial charge in [-0.1, -0.05) is 0 Å². The third kappa shape index (κ3) is 4.50. The van der Waals surface area contributed by atoms with E-state index in [1.165, 1.54) is 4.90 Å². The van der Waals surface area contributed by atoms with Crippen molar-refractivity contribution < 1.29 is 9.59 Å². The van der Waals surface area contributed by atoms with Gasteiger partial charge >= 0.3 is 6.03 Å². The largest absolute Gasteiger partial charge is 0.350 e. The molecule has 0 aliphatic heterocycles. The lowest BCUT2D eigenvalue weighted by atomic mass is 10.2. The predicted molar refractivity (Wildman–Crippen MR) is 63.7 cm³/mol. The number of nitrogens with zero attached hydrogens (tertiary/aromatic N) is 2. The molecule has 0 saturated carbocycles. The molecule has 1 aromatic heterocycles. The van der Waals surface area contributed by atoms with E-state index in [9.17, 15) is 9.59 Å². The number of hydrogen-bond donors (Lipinski definition) is 2. The van der Waals surface area contributed by atoms with Crippen molar-refractivity contribution in [2.75, 3.05) is 27.2 Å². The highest BCUT2D eigenvalue weighted by atomic mass is 16.2. The second-order valence-corrected chi connectivity index (χ2v) is 3.62. The van der Waals surface area contributed by atoms with Gasteiger partial charge in [0, 0.05) is 45.1 Å². The zero-order chi connectivity index (χ0) is 12.7. The molecule has 6 heteroatoms. The minimum absolute atomic E-state index is 0.175. The van der Waals surface area contributed by atoms with Crippen molar-refractivity contribution in [3.8, 4) is 0 Å². The topological polar surface area (TPSA) is 74.3 Å². The summed E-state index contributed by atoms with van der Waals surface area (Å²) in [4.78, 5) is 28.0. The summed E-state index contributed by atoms with van der Waals surface area (Å²) in [6.45, 7) is 0.786. The lowest BCUT2D eigenvalue weighted by molar-refractivity contribution is 0.0953. The SMILES string of the molecule is CN(C)C(=O)NCCNC(=O)c1ccncc1. The summed E-state index contributed by atoms with van der Waals surface area (Å²) in [5, 5.41) is 5.34. The molecular formula is C11H16N4O2. The summed E-state index contributed by atoms with van der Waals surface area (Å²) in [6.07, 6.45) is 3.12. The van der Waals surface area contributed by atoms with Crippen LogP contribution in [0.2, 0.25) is 0 Å². The van der Waals surface area contributed by atoms with Crippen LogP contribution < -0.4 is 10.6 Å². The van der Waals surface area contributed by atoms with Crippen LogP contribution in [0.15, 0.2) is 24.5 Å². The zero-order valence-electron chi connectivity index (χ0n) is 9.93. The molecule has 3 amide bonds. The first kappa shape index (κ1) is 13.0. The lowest BCUT2D eigenvalue weighted by Crippen LogP contribution is -2.39. The summed E-state index contributed by atoms with van der Waals surface area (Å²) in [7, 11) is 3.32. The van der Waals surface area contributed by atoms with Crippen molar-refractivity contribution in [2.45, 2.75) is 0 Å². The van der Waals surface area contributed by atoms with Crippen molar-refractivity contribution in [2.24, 2.45) is 0 Å². The van der Waals surface area contributed by atoms with Crippen LogP contribution in [-0.2, 0) is 0 Å². The third-order valence-corrected chi connectivity index (χ3v) is 2.04. The molecule has 0 spiro atoms. The Morgan fingerprint density at radius 3 is 2.35 bits per heavy atom. The van der Waals surface area contributed by atoms with Gasteiger partial charge in [-0.25, -0.2) is 4.79 Å². The number of amides is 3. The maximum Gasteiger partial charge on any atom is 0.316 e. The molecule has 1 rings (SSSR count). The van der Waals surface area contributed by atoms with Crippen LogP contribution in [0.3, 0.4) is 0 Å². The molecule has 0 unspecified atom stereocenters. The summed E-state index contributed by atoms with van der Waals surface area (Å²) in [5.41, 5.74) is 0.555. The average Bonchev–Trinajstić information content (AvgIpc) is 2.35. The highest BCUT2D eigenvalue weighted by Gasteiger charge is 2.04. The van der Waals surface area contributed by atoms with Crippen LogP contribution in [0.1, 0.15) is 10.4 Å². The highest BCUT2D eigenvalue weighted by Crippen LogP contribution is 1.94. The minimum Gasteiger partial charge on any atom is -0.350 e. The van der Waals surface area contributed by atoms with Crippen LogP contribution in [0, 0.1) is 0 Å². The zero-order valence-corrected chi connectivity index (χ0v) is 9.93. The molecule has 6 nitrogen and oxygen atoms in total. The molecular weight excluding hydrogens is 220 g/mol. The molecule has 0 aliphatic carbocycles. The van der Waals surface area contributed by atoms with Crippen molar-refractivity contribution in [1.82, 2.24) is 20.5 Å². The third-order valence-electron chi connectivity index (χ3n) is 2.04. The van der Waals surface area contributed by atoms with E-state index in [4.69, 9.17) is 0 Å². The molecule has 92 valence electrons. The molecule has 1 heterocycles. The molecule has 17 heavy (non-hydrogen) atoms. The van der Waals surface area contributed by atoms with Gasteiger partial charge in [0.1, 0.15) is 0 Å². The Balaban J connectivity index is 2.24. The Labute approximate surface area is 100 Å². The summed E-state index contributed by atoms with van der Waals surface area (Å²) >= 11 is 0. The van der Waals surface area contributed by atoms with Gasteiger partial charge < -0.3 is 15.5 Å². The van der Waals surface area contributed by atoms with Gasteiger partial charge in [0.2, 0.25) is 0 Å². The number of carbonyl (C=O) groups excluding carboxylic acids is 2. The van der Waals surface area contributed by atoms with Crippen molar-refractivity contribution >= 4 is 11.9 Å². The maximum atomic E-state index is 11.6. The molecule has 0 bridgehead atoms. The molecule has 0 aromatic carbocycles. The number of carbonyl (C=O) groups is 2. The molecule has 0 atom stereocenters. The van der Waals surface area contributed by atoms with E-state index in [0.29, 0.717) is 18.7 Å². The van der Waals surface area contributed by atoms with Crippen LogP contribution in [-0.4, -0.2) is 49.0 Å². The summed E-state index contributed by atoms with van der Waals surface area (Å²) < 4.78 is 0. The van der Waals surface area contributed by atoms with E-state index in [1.807, 2.05) is 0 Å². The number of rotatable bonds is 4. The van der Waals surface area contributed by atoms with E-state index in [1.54, 1.807) is 38.6 Å². The maximum absolute atomic E-state index is 11.6. The van der Waals surface area contributed by atoms with Gasteiger partial charge in [-0.3, -0.25) is 9.78 Å². The Morgan fingerprint density at radius 1 is 1.18 bits per heavy atom. The van der Waals surface area contributed by atoms with Crippen LogP contribution in [0.5, 0.6) is 0 Å². The number of urea groups is 1. The quantitative estimate of drug-likeness (QED) is 0.727. The summed E-state index contributed by atoms with van der Waals surface area (Å²) in [5.74, 6) is -0.175. The Kier molecular flexibility index (Phi) is 4.93. The van der Waals surface area contributed by atoms with Gasteiger partial charge in [0.15, 0.2) is 0 Å². The monoisotopic (exact) mass is 236 g/mol. The standard InChI is InChI=1S/C11H16N4O2/c1-15(2)11(17)14-8-7-13-10(16)9-3-5-12-6-4-9/h3-6H,7-8H2,1-2H3,(H,13,16)(H,14,17). The molecule has 1 aromatic rings. The van der Waals surface area contributed by atoms with Gasteiger partial charge in [0.05, 0.1) is 0 Å². The van der Waals surface area contributed by atoms with E-state index in [2.05, 4.69) is 15.6 Å². The first-order valence-electron chi connectivity index (χ1n) is 5.24. The smallest absolute Gasteiger partial charge is 0.316 e. The molecule has 0 aliphatic rings. The molecule has 0 saturated heterocycles. The Morgan fingerprint density at radius 2 is 1.76 bits per heavy atom. The van der Waals surface area contributed by atoms with Crippen molar-refractivity contribution in [1.29, 1.82) is 0 Å². The van der Waals surface area contributed by atoms with Crippen LogP contribution in [0.25, 0.3) is 0 Å². The molecule has 2 N–H and O–H groups in total. The average molecular weight is 236 g/mol. The number of hydrogen-bond acceptors (Lipinski definition) is 3. The number of pyridine rings is 1. The van der Waals surface area contributed by atoms with Gasteiger partial charge in [-0.15, -0.1) is 0 Å². The van der Waals surface area contributed by atoms with Crippen molar-refractivity contribution in [3.63, 3.8) is 0 Å². The minimum atomic E-state index is -0.178. The Hall–Kier alpha value is -2.11. The van der Waals surface area contributed by atoms with Gasteiger partial charge in [-0.05, 0) is 12.1 Å². The molecule has 0 fully saturated rings. The van der Waals surface area contributed by atoms with E-state index >= 15 is 0 Å². The van der Waals surface area contributed by atoms with E-state index in [0.717, 1.165) is 0 Å². The first-order valence-corrected chi connectivity index (χ1v) is 5.24. The fourth-order valence-corrected chi connectivity index (χ4v) is 1.11. The van der Waals surface area contributed by atoms with Crippen LogP contribution >= 0.6 is 0 Å². The second kappa shape index (κ2) is 6.47. The van der Waals surface area contributed by atoms with E-state index in [-0.39, 0.29) is 11.9 Å². The van der Waals surface area contributed by atoms with Crippen LogP contribution in [0.4, 0.5) is 4.79 Å². The normalized spacial score (nSPS) is 9.53. The number of aromatic nitrogens is 1. The first-order chi connectivity index (χ1) is 8.11. The van der Waals surface area contributed by atoms with Gasteiger partial charge in [0.25, 0.3) is 5.91 Å². The van der Waals surface area contributed by atoms with Crippen molar-refractivity contribution in [3.05, 3.63) is 30.1 Å². The summed E-state index contributed by atoms with van der Waals surface area (Å²) in [6, 6.07) is 3.09. The lowest BCUT2D eigenvalue weighted by Gasteiger charge is -2.12. The predicted octanol–water partition coefficient (Wildman–Crippen LogP) is 0.0826. The number of nitrogens with one attached hydrogen (secondary N) is 2. The fourth-order valence-electron chi connectivity index (χ4n) is 1.11. The fraction of sp³-hybridized carbons (Fsp3) is 0.364.